The zero-order chi connectivity index (χ0) is 18.1. The fraction of sp³-hybridized carbons (Fsp3) is 0.391. The Hall–Kier alpha value is -2.22. The smallest absolute Gasteiger partial charge is 0.127 e. The fourth-order valence-corrected chi connectivity index (χ4v) is 3.23. The molecule has 0 amide bonds. The molecule has 1 unspecified atom stereocenters. The minimum atomic E-state index is -0.187. The Labute approximate surface area is 151 Å². The first-order valence-electron chi connectivity index (χ1n) is 9.15. The lowest BCUT2D eigenvalue weighted by Gasteiger charge is -2.30. The van der Waals surface area contributed by atoms with Gasteiger partial charge in [-0.2, -0.15) is 0 Å². The highest BCUT2D eigenvalue weighted by molar-refractivity contribution is 5.66. The SMILES string of the molecule is CCC1(C)C=Cc2cc(NCc3ccccc3C(C)(C)C)ccc2O1. The number of nitrogens with one attached hydrogen (secondary N) is 1. The molecule has 0 aromatic heterocycles. The van der Waals surface area contributed by atoms with Gasteiger partial charge >= 0.3 is 0 Å². The van der Waals surface area contributed by atoms with Gasteiger partial charge in [-0.1, -0.05) is 58.0 Å². The van der Waals surface area contributed by atoms with Crippen molar-refractivity contribution in [3.8, 4) is 5.75 Å². The van der Waals surface area contributed by atoms with E-state index >= 15 is 0 Å². The summed E-state index contributed by atoms with van der Waals surface area (Å²) >= 11 is 0. The van der Waals surface area contributed by atoms with Gasteiger partial charge in [0.05, 0.1) is 0 Å². The summed E-state index contributed by atoms with van der Waals surface area (Å²) in [7, 11) is 0. The number of benzene rings is 2. The van der Waals surface area contributed by atoms with Crippen LogP contribution >= 0.6 is 0 Å². The van der Waals surface area contributed by atoms with Crippen LogP contribution in [0.1, 0.15) is 57.7 Å². The van der Waals surface area contributed by atoms with E-state index in [1.807, 2.05) is 0 Å². The van der Waals surface area contributed by atoms with E-state index in [-0.39, 0.29) is 11.0 Å². The largest absolute Gasteiger partial charge is 0.483 e. The number of anilines is 1. The number of ether oxygens (including phenoxy) is 1. The molecule has 1 heterocycles. The molecule has 3 rings (SSSR count). The van der Waals surface area contributed by atoms with Crippen LogP contribution < -0.4 is 10.1 Å². The van der Waals surface area contributed by atoms with Gasteiger partial charge in [0.1, 0.15) is 11.4 Å². The van der Waals surface area contributed by atoms with E-state index in [2.05, 4.69) is 94.6 Å². The van der Waals surface area contributed by atoms with Crippen molar-refractivity contribution in [2.45, 2.75) is 58.6 Å². The van der Waals surface area contributed by atoms with Crippen LogP contribution in [0.4, 0.5) is 5.69 Å². The van der Waals surface area contributed by atoms with Gasteiger partial charge < -0.3 is 10.1 Å². The maximum Gasteiger partial charge on any atom is 0.127 e. The Morgan fingerprint density at radius 1 is 1.08 bits per heavy atom. The third-order valence-corrected chi connectivity index (χ3v) is 4.98. The quantitative estimate of drug-likeness (QED) is 0.721. The summed E-state index contributed by atoms with van der Waals surface area (Å²) in [6.07, 6.45) is 5.30. The summed E-state index contributed by atoms with van der Waals surface area (Å²) in [6, 6.07) is 15.0. The van der Waals surface area contributed by atoms with E-state index in [1.54, 1.807) is 0 Å². The molecule has 1 aliphatic heterocycles. The zero-order valence-corrected chi connectivity index (χ0v) is 16.0. The monoisotopic (exact) mass is 335 g/mol. The predicted molar refractivity (Wildman–Crippen MR) is 107 cm³/mol. The van der Waals surface area contributed by atoms with Crippen LogP contribution in [0.3, 0.4) is 0 Å². The van der Waals surface area contributed by atoms with E-state index in [0.29, 0.717) is 0 Å². The summed E-state index contributed by atoms with van der Waals surface area (Å²) in [5, 5.41) is 3.57. The highest BCUT2D eigenvalue weighted by Crippen LogP contribution is 2.34. The lowest BCUT2D eigenvalue weighted by atomic mass is 9.84. The van der Waals surface area contributed by atoms with Gasteiger partial charge in [0.15, 0.2) is 0 Å². The molecule has 0 fully saturated rings. The summed E-state index contributed by atoms with van der Waals surface area (Å²) in [6.45, 7) is 11.9. The van der Waals surface area contributed by atoms with Gasteiger partial charge in [-0.25, -0.2) is 0 Å². The Bertz CT molecular complexity index is 785. The van der Waals surface area contributed by atoms with Gasteiger partial charge in [-0.05, 0) is 54.2 Å². The van der Waals surface area contributed by atoms with Crippen LogP contribution in [0.5, 0.6) is 5.75 Å². The fourth-order valence-electron chi connectivity index (χ4n) is 3.23. The molecular formula is C23H29NO. The first kappa shape index (κ1) is 17.6. The maximum absolute atomic E-state index is 6.14. The Morgan fingerprint density at radius 2 is 1.84 bits per heavy atom. The van der Waals surface area contributed by atoms with Crippen LogP contribution in [-0.2, 0) is 12.0 Å². The van der Waals surface area contributed by atoms with Crippen molar-refractivity contribution < 1.29 is 4.74 Å². The Balaban J connectivity index is 1.77. The molecule has 0 aliphatic carbocycles. The average Bonchev–Trinajstić information content (AvgIpc) is 2.59. The van der Waals surface area contributed by atoms with Crippen molar-refractivity contribution >= 4 is 11.8 Å². The minimum absolute atomic E-state index is 0.148. The lowest BCUT2D eigenvalue weighted by Crippen LogP contribution is -2.30. The maximum atomic E-state index is 6.14. The highest BCUT2D eigenvalue weighted by atomic mass is 16.5. The van der Waals surface area contributed by atoms with Gasteiger partial charge in [0.2, 0.25) is 0 Å². The van der Waals surface area contributed by atoms with Gasteiger partial charge in [0, 0.05) is 17.8 Å². The summed E-state index contributed by atoms with van der Waals surface area (Å²) in [4.78, 5) is 0. The third-order valence-electron chi connectivity index (χ3n) is 4.98. The molecule has 0 bridgehead atoms. The van der Waals surface area contributed by atoms with Crippen LogP contribution in [-0.4, -0.2) is 5.60 Å². The highest BCUT2D eigenvalue weighted by Gasteiger charge is 2.25. The molecule has 0 spiro atoms. The van der Waals surface area contributed by atoms with Gasteiger partial charge in [-0.3, -0.25) is 0 Å². The standard InChI is InChI=1S/C23H29NO/c1-6-23(5)14-13-17-15-19(11-12-21(17)25-23)24-16-18-9-7-8-10-20(18)22(2,3)4/h7-15,24H,6,16H2,1-5H3. The molecule has 2 nitrogen and oxygen atoms in total. The molecule has 132 valence electrons. The van der Waals surface area contributed by atoms with E-state index in [9.17, 15) is 0 Å². The summed E-state index contributed by atoms with van der Waals surface area (Å²) < 4.78 is 6.14. The number of hydrogen-bond donors (Lipinski definition) is 1. The van der Waals surface area contributed by atoms with Gasteiger partial charge in [0.25, 0.3) is 0 Å². The Kier molecular flexibility index (Phi) is 4.64. The van der Waals surface area contributed by atoms with Crippen LogP contribution in [0.25, 0.3) is 6.08 Å². The van der Waals surface area contributed by atoms with Crippen molar-refractivity contribution in [3.05, 3.63) is 65.2 Å². The first-order chi connectivity index (χ1) is 11.8. The van der Waals surface area contributed by atoms with Crippen molar-refractivity contribution in [2.75, 3.05) is 5.32 Å². The van der Waals surface area contributed by atoms with E-state index in [0.717, 1.165) is 30.0 Å². The molecule has 1 N–H and O–H groups in total. The number of hydrogen-bond acceptors (Lipinski definition) is 2. The molecule has 0 radical (unpaired) electrons. The average molecular weight is 335 g/mol. The summed E-state index contributed by atoms with van der Waals surface area (Å²) in [5.74, 6) is 0.965. The molecule has 0 saturated heterocycles. The van der Waals surface area contributed by atoms with Crippen LogP contribution in [0.2, 0.25) is 0 Å². The minimum Gasteiger partial charge on any atom is -0.483 e. The van der Waals surface area contributed by atoms with E-state index in [4.69, 9.17) is 4.74 Å². The van der Waals surface area contributed by atoms with E-state index < -0.39 is 0 Å². The number of fused-ring (bicyclic) bond motifs is 1. The predicted octanol–water partition coefficient (Wildman–Crippen LogP) is 6.17. The van der Waals surface area contributed by atoms with Crippen molar-refractivity contribution in [1.82, 2.24) is 0 Å². The third kappa shape index (κ3) is 3.89. The van der Waals surface area contributed by atoms with Crippen molar-refractivity contribution in [1.29, 1.82) is 0 Å². The van der Waals surface area contributed by atoms with Crippen molar-refractivity contribution in [3.63, 3.8) is 0 Å². The zero-order valence-electron chi connectivity index (χ0n) is 16.0. The lowest BCUT2D eigenvalue weighted by molar-refractivity contribution is 0.133. The molecule has 0 saturated carbocycles. The normalized spacial score (nSPS) is 19.2. The second-order valence-corrected chi connectivity index (χ2v) is 8.11. The molecule has 1 aliphatic rings. The topological polar surface area (TPSA) is 21.3 Å². The second kappa shape index (κ2) is 6.59. The molecular weight excluding hydrogens is 306 g/mol. The molecule has 2 aromatic carbocycles. The molecule has 1 atom stereocenters. The molecule has 25 heavy (non-hydrogen) atoms. The van der Waals surface area contributed by atoms with Crippen LogP contribution in [0, 0.1) is 0 Å². The van der Waals surface area contributed by atoms with E-state index in [1.165, 1.54) is 11.1 Å². The van der Waals surface area contributed by atoms with Crippen LogP contribution in [0.15, 0.2) is 48.5 Å². The number of rotatable bonds is 4. The molecule has 2 heteroatoms. The first-order valence-corrected chi connectivity index (χ1v) is 9.15. The Morgan fingerprint density at radius 3 is 2.56 bits per heavy atom. The van der Waals surface area contributed by atoms with Gasteiger partial charge in [-0.15, -0.1) is 0 Å². The second-order valence-electron chi connectivity index (χ2n) is 8.11. The molecule has 2 aromatic rings. The summed E-state index contributed by atoms with van der Waals surface area (Å²) in [5.41, 5.74) is 4.96. The van der Waals surface area contributed by atoms with Crippen molar-refractivity contribution in [2.24, 2.45) is 0 Å².